The van der Waals surface area contributed by atoms with E-state index in [1.807, 2.05) is 0 Å². The van der Waals surface area contributed by atoms with Gasteiger partial charge in [-0.15, -0.1) is 0 Å². The molecule has 0 aliphatic heterocycles. The largest absolute Gasteiger partial charge is 0.308 e. The van der Waals surface area contributed by atoms with Crippen molar-refractivity contribution in [3.63, 3.8) is 0 Å². The average Bonchev–Trinajstić information content (AvgIpc) is 2.08. The molecule has 1 aromatic heterocycles. The third-order valence-corrected chi connectivity index (χ3v) is 1.71. The Labute approximate surface area is 82.7 Å². The van der Waals surface area contributed by atoms with Gasteiger partial charge in [0.15, 0.2) is 5.82 Å². The van der Waals surface area contributed by atoms with E-state index < -0.39 is 0 Å². The summed E-state index contributed by atoms with van der Waals surface area (Å²) in [7, 11) is 0. The van der Waals surface area contributed by atoms with Crippen LogP contribution in [0.3, 0.4) is 0 Å². The van der Waals surface area contributed by atoms with Crippen molar-refractivity contribution in [3.05, 3.63) is 22.5 Å². The minimum Gasteiger partial charge on any atom is -0.308 e. The Bertz CT molecular complexity index is 341. The number of aromatic amines is 1. The molecular weight excluding hydrogens is 238 g/mol. The molecule has 0 saturated carbocycles. The lowest BCUT2D eigenvalue weighted by Gasteiger charge is -2.03. The summed E-state index contributed by atoms with van der Waals surface area (Å²) in [6, 6.07) is 2.73. The molecule has 1 aromatic rings. The summed E-state index contributed by atoms with van der Waals surface area (Å²) in [5.41, 5.74) is -0.301. The molecular formula is C7H8BrN3O2. The highest BCUT2D eigenvalue weighted by Crippen LogP contribution is 2.02. The van der Waals surface area contributed by atoms with Crippen molar-refractivity contribution in [2.45, 2.75) is 11.8 Å². The summed E-state index contributed by atoms with van der Waals surface area (Å²) in [6.45, 7) is 1.70. The Morgan fingerprint density at radius 2 is 2.38 bits per heavy atom. The highest BCUT2D eigenvalue weighted by Gasteiger charge is 2.08. The SMILES string of the molecule is CC(Br)C(=O)Nc1ccc(=O)[nH]n1. The number of halogens is 1. The van der Waals surface area contributed by atoms with Gasteiger partial charge in [-0.3, -0.25) is 9.59 Å². The van der Waals surface area contributed by atoms with Crippen molar-refractivity contribution in [1.82, 2.24) is 10.2 Å². The van der Waals surface area contributed by atoms with Gasteiger partial charge in [0.1, 0.15) is 0 Å². The molecule has 0 bridgehead atoms. The lowest BCUT2D eigenvalue weighted by atomic mass is 10.4. The quantitative estimate of drug-likeness (QED) is 0.746. The van der Waals surface area contributed by atoms with Crippen LogP contribution in [0.5, 0.6) is 0 Å². The van der Waals surface area contributed by atoms with Crippen molar-refractivity contribution < 1.29 is 4.79 Å². The predicted molar refractivity (Wildman–Crippen MR) is 51.9 cm³/mol. The van der Waals surface area contributed by atoms with Gasteiger partial charge in [0.05, 0.1) is 4.83 Å². The summed E-state index contributed by atoms with van der Waals surface area (Å²) in [4.78, 5) is 21.4. The van der Waals surface area contributed by atoms with E-state index >= 15 is 0 Å². The Kier molecular flexibility index (Phi) is 3.18. The molecule has 0 spiro atoms. The number of H-pyrrole nitrogens is 1. The van der Waals surface area contributed by atoms with E-state index in [0.29, 0.717) is 5.82 Å². The molecule has 0 saturated heterocycles. The number of nitrogens with one attached hydrogen (secondary N) is 2. The second-order valence-electron chi connectivity index (χ2n) is 2.41. The first-order valence-electron chi connectivity index (χ1n) is 3.60. The van der Waals surface area contributed by atoms with Crippen molar-refractivity contribution in [2.24, 2.45) is 0 Å². The summed E-state index contributed by atoms with van der Waals surface area (Å²) < 4.78 is 0. The number of amides is 1. The predicted octanol–water partition coefficient (Wildman–Crippen LogP) is 0.492. The fourth-order valence-corrected chi connectivity index (χ4v) is 0.754. The van der Waals surface area contributed by atoms with E-state index in [1.54, 1.807) is 6.92 Å². The smallest absolute Gasteiger partial charge is 0.264 e. The lowest BCUT2D eigenvalue weighted by molar-refractivity contribution is -0.115. The Hall–Kier alpha value is -1.17. The summed E-state index contributed by atoms with van der Waals surface area (Å²) in [6.07, 6.45) is 0. The summed E-state index contributed by atoms with van der Waals surface area (Å²) in [5, 5.41) is 8.32. The monoisotopic (exact) mass is 245 g/mol. The Morgan fingerprint density at radius 3 is 2.85 bits per heavy atom. The van der Waals surface area contributed by atoms with Crippen LogP contribution >= 0.6 is 15.9 Å². The zero-order valence-corrected chi connectivity index (χ0v) is 8.46. The topological polar surface area (TPSA) is 74.8 Å². The minimum atomic E-state index is -0.301. The van der Waals surface area contributed by atoms with E-state index in [-0.39, 0.29) is 16.3 Å². The molecule has 0 aliphatic rings. The second kappa shape index (κ2) is 4.18. The number of carbonyl (C=O) groups is 1. The number of alkyl halides is 1. The molecule has 0 aliphatic carbocycles. The maximum atomic E-state index is 11.1. The molecule has 13 heavy (non-hydrogen) atoms. The summed E-state index contributed by atoms with van der Waals surface area (Å²) >= 11 is 3.10. The molecule has 5 nitrogen and oxygen atoms in total. The number of aromatic nitrogens is 2. The van der Waals surface area contributed by atoms with Crippen LogP contribution in [0.2, 0.25) is 0 Å². The van der Waals surface area contributed by atoms with Crippen LogP contribution in [-0.2, 0) is 4.79 Å². The second-order valence-corrected chi connectivity index (χ2v) is 3.79. The molecule has 1 atom stereocenters. The first-order chi connectivity index (χ1) is 6.09. The van der Waals surface area contributed by atoms with Gasteiger partial charge in [0.25, 0.3) is 5.56 Å². The molecule has 0 aromatic carbocycles. The van der Waals surface area contributed by atoms with Gasteiger partial charge in [0.2, 0.25) is 5.91 Å². The Morgan fingerprint density at radius 1 is 1.69 bits per heavy atom. The van der Waals surface area contributed by atoms with Gasteiger partial charge in [-0.05, 0) is 13.0 Å². The number of carbonyl (C=O) groups excluding carboxylic acids is 1. The maximum Gasteiger partial charge on any atom is 0.264 e. The van der Waals surface area contributed by atoms with Crippen molar-refractivity contribution in [1.29, 1.82) is 0 Å². The van der Waals surface area contributed by atoms with Crippen molar-refractivity contribution in [3.8, 4) is 0 Å². The van der Waals surface area contributed by atoms with Gasteiger partial charge in [-0.1, -0.05) is 15.9 Å². The molecule has 1 unspecified atom stereocenters. The van der Waals surface area contributed by atoms with Crippen LogP contribution in [0.25, 0.3) is 0 Å². The number of hydrogen-bond acceptors (Lipinski definition) is 3. The number of hydrogen-bond donors (Lipinski definition) is 2. The molecule has 1 amide bonds. The average molecular weight is 246 g/mol. The van der Waals surface area contributed by atoms with Crippen LogP contribution in [0.1, 0.15) is 6.92 Å². The van der Waals surface area contributed by atoms with Crippen LogP contribution < -0.4 is 10.9 Å². The highest BCUT2D eigenvalue weighted by atomic mass is 79.9. The molecule has 0 fully saturated rings. The minimum absolute atomic E-state index is 0.209. The highest BCUT2D eigenvalue weighted by molar-refractivity contribution is 9.10. The van der Waals surface area contributed by atoms with E-state index in [4.69, 9.17) is 0 Å². The number of nitrogens with zero attached hydrogens (tertiary/aromatic N) is 1. The summed E-state index contributed by atoms with van der Waals surface area (Å²) in [5.74, 6) is 0.121. The van der Waals surface area contributed by atoms with Crippen LogP contribution in [0, 0.1) is 0 Å². The molecule has 6 heteroatoms. The fourth-order valence-electron chi connectivity index (χ4n) is 0.640. The van der Waals surface area contributed by atoms with Crippen LogP contribution in [0.4, 0.5) is 5.82 Å². The standard InChI is InChI=1S/C7H8BrN3O2/c1-4(8)7(13)9-5-2-3-6(12)11-10-5/h2-4H,1H3,(H,11,12)(H,9,10,13). The zero-order valence-electron chi connectivity index (χ0n) is 6.87. The third-order valence-electron chi connectivity index (χ3n) is 1.29. The van der Waals surface area contributed by atoms with Crippen LogP contribution in [0.15, 0.2) is 16.9 Å². The Balaban J connectivity index is 2.70. The van der Waals surface area contributed by atoms with Crippen molar-refractivity contribution >= 4 is 27.7 Å². The lowest BCUT2D eigenvalue weighted by Crippen LogP contribution is -2.21. The van der Waals surface area contributed by atoms with Crippen LogP contribution in [-0.4, -0.2) is 20.9 Å². The molecule has 1 heterocycles. The fraction of sp³-hybridized carbons (Fsp3) is 0.286. The van der Waals surface area contributed by atoms with E-state index in [1.165, 1.54) is 12.1 Å². The first kappa shape index (κ1) is 9.91. The maximum absolute atomic E-state index is 11.1. The first-order valence-corrected chi connectivity index (χ1v) is 4.52. The van der Waals surface area contributed by atoms with Gasteiger partial charge >= 0.3 is 0 Å². The third kappa shape index (κ3) is 2.98. The molecule has 2 N–H and O–H groups in total. The molecule has 0 radical (unpaired) electrons. The number of rotatable bonds is 2. The molecule has 1 rings (SSSR count). The van der Waals surface area contributed by atoms with Crippen molar-refractivity contribution in [2.75, 3.05) is 5.32 Å². The number of anilines is 1. The van der Waals surface area contributed by atoms with Gasteiger partial charge in [0, 0.05) is 6.07 Å². The van der Waals surface area contributed by atoms with E-state index in [0.717, 1.165) is 0 Å². The zero-order chi connectivity index (χ0) is 9.84. The molecule has 70 valence electrons. The van der Waals surface area contributed by atoms with E-state index in [2.05, 4.69) is 31.4 Å². The normalized spacial score (nSPS) is 12.2. The van der Waals surface area contributed by atoms with Gasteiger partial charge < -0.3 is 5.32 Å². The van der Waals surface area contributed by atoms with Gasteiger partial charge in [-0.2, -0.15) is 5.10 Å². The van der Waals surface area contributed by atoms with Gasteiger partial charge in [-0.25, -0.2) is 5.10 Å². The van der Waals surface area contributed by atoms with E-state index in [9.17, 15) is 9.59 Å².